The molecule has 1 aliphatic carbocycles. The minimum absolute atomic E-state index is 0.160. The number of methoxy groups -OCH3 is 2. The van der Waals surface area contributed by atoms with Crippen LogP contribution in [0.1, 0.15) is 43.7 Å². The summed E-state index contributed by atoms with van der Waals surface area (Å²) in [4.78, 5) is 14.7. The highest BCUT2D eigenvalue weighted by Crippen LogP contribution is 2.37. The van der Waals surface area contributed by atoms with Crippen molar-refractivity contribution in [3.05, 3.63) is 35.9 Å². The second-order valence-corrected chi connectivity index (χ2v) is 6.33. The molecule has 2 aliphatic rings. The van der Waals surface area contributed by atoms with E-state index in [1.807, 2.05) is 23.1 Å². The van der Waals surface area contributed by atoms with E-state index < -0.39 is 0 Å². The van der Waals surface area contributed by atoms with E-state index in [0.29, 0.717) is 12.3 Å². The highest BCUT2D eigenvalue weighted by atomic mass is 16.5. The normalized spacial score (nSPS) is 23.3. The number of allylic oxidation sites excluding steroid dienone is 2. The maximum atomic E-state index is 12.7. The van der Waals surface area contributed by atoms with E-state index in [4.69, 9.17) is 9.47 Å². The highest BCUT2D eigenvalue weighted by Gasteiger charge is 2.31. The van der Waals surface area contributed by atoms with Gasteiger partial charge in [0.1, 0.15) is 0 Å². The van der Waals surface area contributed by atoms with Crippen LogP contribution in [0, 0.1) is 5.92 Å². The monoisotopic (exact) mass is 315 g/mol. The first kappa shape index (κ1) is 15.9. The van der Waals surface area contributed by atoms with Crippen molar-refractivity contribution in [2.45, 2.75) is 38.1 Å². The van der Waals surface area contributed by atoms with Gasteiger partial charge in [0.25, 0.3) is 0 Å². The van der Waals surface area contributed by atoms with Crippen molar-refractivity contribution < 1.29 is 14.3 Å². The molecular formula is C19H25NO3. The first-order valence-corrected chi connectivity index (χ1v) is 8.41. The summed E-state index contributed by atoms with van der Waals surface area (Å²) in [7, 11) is 3.28. The second-order valence-electron chi connectivity index (χ2n) is 6.33. The molecule has 0 N–H and O–H groups in total. The molecule has 3 rings (SSSR count). The number of amides is 1. The molecule has 1 saturated heterocycles. The van der Waals surface area contributed by atoms with Crippen molar-refractivity contribution in [3.63, 3.8) is 0 Å². The Balaban J connectivity index is 1.75. The summed E-state index contributed by atoms with van der Waals surface area (Å²) in [5.41, 5.74) is 1.13. The predicted molar refractivity (Wildman–Crippen MR) is 89.7 cm³/mol. The third-order valence-corrected chi connectivity index (χ3v) is 4.91. The van der Waals surface area contributed by atoms with Crippen LogP contribution in [0.15, 0.2) is 30.4 Å². The van der Waals surface area contributed by atoms with Gasteiger partial charge in [-0.2, -0.15) is 0 Å². The number of hydrogen-bond donors (Lipinski definition) is 0. The van der Waals surface area contributed by atoms with E-state index in [-0.39, 0.29) is 11.9 Å². The van der Waals surface area contributed by atoms with Crippen LogP contribution in [0.2, 0.25) is 0 Å². The highest BCUT2D eigenvalue weighted by molar-refractivity contribution is 5.77. The van der Waals surface area contributed by atoms with Gasteiger partial charge in [-0.3, -0.25) is 4.79 Å². The van der Waals surface area contributed by atoms with Gasteiger partial charge < -0.3 is 14.4 Å². The summed E-state index contributed by atoms with van der Waals surface area (Å²) in [6.07, 6.45) is 9.32. The number of likely N-dealkylation sites (tertiary alicyclic amines) is 1. The average Bonchev–Trinajstić information content (AvgIpc) is 3.25. The first-order chi connectivity index (χ1) is 11.2. The number of rotatable bonds is 5. The zero-order valence-corrected chi connectivity index (χ0v) is 14.0. The van der Waals surface area contributed by atoms with Crippen LogP contribution in [-0.4, -0.2) is 31.6 Å². The van der Waals surface area contributed by atoms with Crippen LogP contribution in [0.4, 0.5) is 0 Å². The summed E-state index contributed by atoms with van der Waals surface area (Å²) in [6.45, 7) is 0.855. The van der Waals surface area contributed by atoms with Crippen molar-refractivity contribution in [3.8, 4) is 11.5 Å². The van der Waals surface area contributed by atoms with Gasteiger partial charge in [0.2, 0.25) is 5.91 Å². The summed E-state index contributed by atoms with van der Waals surface area (Å²) in [5, 5.41) is 0. The molecule has 0 spiro atoms. The topological polar surface area (TPSA) is 38.8 Å². The third-order valence-electron chi connectivity index (χ3n) is 4.91. The fourth-order valence-corrected chi connectivity index (χ4v) is 3.68. The van der Waals surface area contributed by atoms with Crippen molar-refractivity contribution in [1.29, 1.82) is 0 Å². The van der Waals surface area contributed by atoms with Gasteiger partial charge in [-0.15, -0.1) is 0 Å². The molecule has 23 heavy (non-hydrogen) atoms. The average molecular weight is 315 g/mol. The van der Waals surface area contributed by atoms with Crippen LogP contribution in [0.5, 0.6) is 11.5 Å². The van der Waals surface area contributed by atoms with Gasteiger partial charge in [-0.25, -0.2) is 0 Å². The van der Waals surface area contributed by atoms with Crippen LogP contribution >= 0.6 is 0 Å². The molecule has 1 heterocycles. The molecule has 1 fully saturated rings. The standard InChI is InChI=1S/C19H25NO3/c1-22-17-10-9-15(13-18(17)23-2)16-8-5-11-20(16)19(21)12-14-6-3-4-7-14/h3,6,9-10,13-14,16H,4-5,7-8,11-12H2,1-2H3/t14-,16-/m0/s1. The lowest BCUT2D eigenvalue weighted by atomic mass is 10.0. The van der Waals surface area contributed by atoms with Crippen molar-refractivity contribution in [2.24, 2.45) is 5.92 Å². The van der Waals surface area contributed by atoms with E-state index in [1.54, 1.807) is 14.2 Å². The van der Waals surface area contributed by atoms with Crippen LogP contribution in [0.25, 0.3) is 0 Å². The summed E-state index contributed by atoms with van der Waals surface area (Å²) in [6, 6.07) is 6.14. The quantitative estimate of drug-likeness (QED) is 0.777. The van der Waals surface area contributed by atoms with Crippen LogP contribution < -0.4 is 9.47 Å². The number of hydrogen-bond acceptors (Lipinski definition) is 3. The van der Waals surface area contributed by atoms with Crippen LogP contribution in [-0.2, 0) is 4.79 Å². The number of carbonyl (C=O) groups is 1. The summed E-state index contributed by atoms with van der Waals surface area (Å²) in [5.74, 6) is 2.15. The number of ether oxygens (including phenoxy) is 2. The van der Waals surface area contributed by atoms with Gasteiger partial charge in [0.05, 0.1) is 20.3 Å². The second kappa shape index (κ2) is 7.07. The molecule has 1 aromatic carbocycles. The third kappa shape index (κ3) is 3.36. The van der Waals surface area contributed by atoms with Crippen molar-refractivity contribution >= 4 is 5.91 Å². The smallest absolute Gasteiger partial charge is 0.223 e. The molecule has 1 amide bonds. The van der Waals surface area contributed by atoms with Crippen molar-refractivity contribution in [2.75, 3.05) is 20.8 Å². The van der Waals surface area contributed by atoms with Crippen molar-refractivity contribution in [1.82, 2.24) is 4.90 Å². The van der Waals surface area contributed by atoms with Gasteiger partial charge in [0, 0.05) is 13.0 Å². The Hall–Kier alpha value is -1.97. The molecule has 0 aromatic heterocycles. The van der Waals surface area contributed by atoms with E-state index in [2.05, 4.69) is 12.2 Å². The Morgan fingerprint density at radius 1 is 1.22 bits per heavy atom. The Morgan fingerprint density at radius 2 is 2.04 bits per heavy atom. The molecule has 0 saturated carbocycles. The molecule has 2 atom stereocenters. The number of nitrogens with zero attached hydrogens (tertiary/aromatic N) is 1. The lowest BCUT2D eigenvalue weighted by molar-refractivity contribution is -0.132. The minimum atomic E-state index is 0.160. The predicted octanol–water partition coefficient (Wildman–Crippen LogP) is 3.72. The molecule has 0 bridgehead atoms. The lowest BCUT2D eigenvalue weighted by Gasteiger charge is -2.26. The first-order valence-electron chi connectivity index (χ1n) is 8.41. The fraction of sp³-hybridized carbons (Fsp3) is 0.526. The maximum Gasteiger partial charge on any atom is 0.223 e. The van der Waals surface area contributed by atoms with Gasteiger partial charge in [-0.05, 0) is 49.3 Å². The molecule has 124 valence electrons. The molecule has 1 aromatic rings. The number of carbonyl (C=O) groups excluding carboxylic acids is 1. The van der Waals surface area contributed by atoms with Gasteiger partial charge in [-0.1, -0.05) is 18.2 Å². The Labute approximate surface area is 138 Å². The van der Waals surface area contributed by atoms with Crippen LogP contribution in [0.3, 0.4) is 0 Å². The minimum Gasteiger partial charge on any atom is -0.493 e. The van der Waals surface area contributed by atoms with E-state index in [9.17, 15) is 4.79 Å². The summed E-state index contributed by atoms with van der Waals surface area (Å²) < 4.78 is 10.7. The number of benzene rings is 1. The van der Waals surface area contributed by atoms with E-state index in [0.717, 1.165) is 49.3 Å². The zero-order chi connectivity index (χ0) is 16.2. The molecule has 4 nitrogen and oxygen atoms in total. The molecule has 0 radical (unpaired) electrons. The Bertz CT molecular complexity index is 596. The van der Waals surface area contributed by atoms with Gasteiger partial charge in [0.15, 0.2) is 11.5 Å². The SMILES string of the molecule is COc1ccc([C@@H]2CCCN2C(=O)C[C@H]2C=CCC2)cc1OC. The molecular weight excluding hydrogens is 290 g/mol. The molecule has 4 heteroatoms. The van der Waals surface area contributed by atoms with E-state index in [1.165, 1.54) is 0 Å². The zero-order valence-electron chi connectivity index (χ0n) is 14.0. The Kier molecular flexibility index (Phi) is 4.89. The van der Waals surface area contributed by atoms with Gasteiger partial charge >= 0.3 is 0 Å². The largest absolute Gasteiger partial charge is 0.493 e. The molecule has 1 aliphatic heterocycles. The maximum absolute atomic E-state index is 12.7. The van der Waals surface area contributed by atoms with E-state index >= 15 is 0 Å². The lowest BCUT2D eigenvalue weighted by Crippen LogP contribution is -2.31. The summed E-state index contributed by atoms with van der Waals surface area (Å²) >= 11 is 0. The fourth-order valence-electron chi connectivity index (χ4n) is 3.68. The molecule has 0 unspecified atom stereocenters. The Morgan fingerprint density at radius 3 is 2.74 bits per heavy atom.